The summed E-state index contributed by atoms with van der Waals surface area (Å²) < 4.78 is 0. The van der Waals surface area contributed by atoms with Gasteiger partial charge in [0.05, 0.1) is 0 Å². The number of carbonyl (C=O) groups is 1. The van der Waals surface area contributed by atoms with Gasteiger partial charge in [-0.3, -0.25) is 0 Å². The van der Waals surface area contributed by atoms with Crippen molar-refractivity contribution in [2.24, 2.45) is 5.41 Å². The lowest BCUT2D eigenvalue weighted by Gasteiger charge is -2.43. The van der Waals surface area contributed by atoms with Gasteiger partial charge in [-0.2, -0.15) is 0 Å². The molecule has 0 aromatic rings. The normalized spacial score (nSPS) is 26.5. The van der Waals surface area contributed by atoms with Gasteiger partial charge in [-0.25, -0.2) is 4.79 Å². The molecule has 2 fully saturated rings. The lowest BCUT2D eigenvalue weighted by atomic mass is 9.70. The van der Waals surface area contributed by atoms with Gasteiger partial charge in [-0.15, -0.1) is 0 Å². The maximum Gasteiger partial charge on any atom is 0.317 e. The summed E-state index contributed by atoms with van der Waals surface area (Å²) in [6, 6.07) is 0.138. The van der Waals surface area contributed by atoms with Crippen LogP contribution < -0.4 is 5.32 Å². The summed E-state index contributed by atoms with van der Waals surface area (Å²) in [7, 11) is 0. The van der Waals surface area contributed by atoms with Gasteiger partial charge in [0.1, 0.15) is 0 Å². The van der Waals surface area contributed by atoms with E-state index in [-0.39, 0.29) is 6.03 Å². The van der Waals surface area contributed by atoms with Crippen molar-refractivity contribution < 1.29 is 4.79 Å². The number of nitrogens with zero attached hydrogens (tertiary/aromatic N) is 1. The van der Waals surface area contributed by atoms with Crippen LogP contribution in [0.1, 0.15) is 32.6 Å². The minimum Gasteiger partial charge on any atom is -0.338 e. The highest BCUT2D eigenvalue weighted by Gasteiger charge is 2.35. The zero-order valence-corrected chi connectivity index (χ0v) is 8.31. The van der Waals surface area contributed by atoms with Crippen molar-refractivity contribution in [1.82, 2.24) is 10.2 Å². The molecule has 13 heavy (non-hydrogen) atoms. The molecule has 1 heterocycles. The van der Waals surface area contributed by atoms with Gasteiger partial charge in [0.2, 0.25) is 0 Å². The molecule has 2 amide bonds. The van der Waals surface area contributed by atoms with Crippen molar-refractivity contribution in [3.63, 3.8) is 0 Å². The molecule has 0 radical (unpaired) electrons. The van der Waals surface area contributed by atoms with E-state index in [0.717, 1.165) is 26.1 Å². The van der Waals surface area contributed by atoms with E-state index in [1.54, 1.807) is 0 Å². The molecule has 3 heteroatoms. The SMILES string of the molecule is CC1(CN2CCCNC2=O)CCC1. The van der Waals surface area contributed by atoms with Gasteiger partial charge < -0.3 is 10.2 Å². The summed E-state index contributed by atoms with van der Waals surface area (Å²) in [5, 5.41) is 2.89. The van der Waals surface area contributed by atoms with Crippen LogP contribution in [0.2, 0.25) is 0 Å². The van der Waals surface area contributed by atoms with Crippen LogP contribution in [-0.4, -0.2) is 30.6 Å². The highest BCUT2D eigenvalue weighted by Crippen LogP contribution is 2.40. The van der Waals surface area contributed by atoms with Gasteiger partial charge in [-0.05, 0) is 24.7 Å². The summed E-state index contributed by atoms with van der Waals surface area (Å²) in [5.74, 6) is 0. The van der Waals surface area contributed by atoms with Crippen LogP contribution in [0.5, 0.6) is 0 Å². The number of hydrogen-bond donors (Lipinski definition) is 1. The van der Waals surface area contributed by atoms with Crippen LogP contribution in [0.25, 0.3) is 0 Å². The van der Waals surface area contributed by atoms with E-state index >= 15 is 0 Å². The number of hydrogen-bond acceptors (Lipinski definition) is 1. The summed E-state index contributed by atoms with van der Waals surface area (Å²) in [5.41, 5.74) is 0.425. The zero-order chi connectivity index (χ0) is 9.31. The first-order chi connectivity index (χ1) is 6.20. The van der Waals surface area contributed by atoms with Crippen molar-refractivity contribution >= 4 is 6.03 Å². The lowest BCUT2D eigenvalue weighted by Crippen LogP contribution is -2.51. The molecule has 74 valence electrons. The molecule has 2 rings (SSSR count). The average molecular weight is 182 g/mol. The quantitative estimate of drug-likeness (QED) is 0.691. The molecule has 3 nitrogen and oxygen atoms in total. The fourth-order valence-corrected chi connectivity index (χ4v) is 2.23. The fraction of sp³-hybridized carbons (Fsp3) is 0.900. The Morgan fingerprint density at radius 1 is 1.46 bits per heavy atom. The van der Waals surface area contributed by atoms with E-state index in [4.69, 9.17) is 0 Å². The van der Waals surface area contributed by atoms with Crippen LogP contribution in [0.15, 0.2) is 0 Å². The highest BCUT2D eigenvalue weighted by atomic mass is 16.2. The number of urea groups is 1. The zero-order valence-electron chi connectivity index (χ0n) is 8.31. The topological polar surface area (TPSA) is 32.3 Å². The molecule has 1 aliphatic carbocycles. The minimum atomic E-state index is 0.138. The lowest BCUT2D eigenvalue weighted by molar-refractivity contribution is 0.0915. The fourth-order valence-electron chi connectivity index (χ4n) is 2.23. The van der Waals surface area contributed by atoms with Crippen LogP contribution >= 0.6 is 0 Å². The van der Waals surface area contributed by atoms with Crippen LogP contribution in [-0.2, 0) is 0 Å². The summed E-state index contributed by atoms with van der Waals surface area (Å²) >= 11 is 0. The predicted octanol–water partition coefficient (Wildman–Crippen LogP) is 1.59. The van der Waals surface area contributed by atoms with Crippen LogP contribution in [0.3, 0.4) is 0 Å². The predicted molar refractivity (Wildman–Crippen MR) is 51.5 cm³/mol. The van der Waals surface area contributed by atoms with Crippen LogP contribution in [0.4, 0.5) is 4.79 Å². The molecule has 1 aliphatic heterocycles. The van der Waals surface area contributed by atoms with E-state index in [1.807, 2.05) is 4.90 Å². The largest absolute Gasteiger partial charge is 0.338 e. The van der Waals surface area contributed by atoms with Gasteiger partial charge >= 0.3 is 6.03 Å². The maximum atomic E-state index is 11.4. The standard InChI is InChI=1S/C10H18N2O/c1-10(4-2-5-10)8-12-7-3-6-11-9(12)13/h2-8H2,1H3,(H,11,13). The molecular weight excluding hydrogens is 164 g/mol. The Kier molecular flexibility index (Phi) is 2.18. The molecule has 0 aromatic carbocycles. The Labute approximate surface area is 79.5 Å². The average Bonchev–Trinajstić information content (AvgIpc) is 2.06. The van der Waals surface area contributed by atoms with Crippen molar-refractivity contribution in [3.05, 3.63) is 0 Å². The first-order valence-electron chi connectivity index (χ1n) is 5.22. The van der Waals surface area contributed by atoms with E-state index in [2.05, 4.69) is 12.2 Å². The molecule has 2 aliphatic rings. The summed E-state index contributed by atoms with van der Waals surface area (Å²) in [6.45, 7) is 5.05. The van der Waals surface area contributed by atoms with Crippen LogP contribution in [0, 0.1) is 5.41 Å². The molecule has 1 saturated carbocycles. The third-order valence-electron chi connectivity index (χ3n) is 3.30. The van der Waals surface area contributed by atoms with E-state index in [9.17, 15) is 4.79 Å². The first kappa shape index (κ1) is 8.85. The minimum absolute atomic E-state index is 0.138. The first-order valence-corrected chi connectivity index (χ1v) is 5.22. The van der Waals surface area contributed by atoms with Crippen molar-refractivity contribution in [2.45, 2.75) is 32.6 Å². The third-order valence-corrected chi connectivity index (χ3v) is 3.30. The molecule has 0 atom stereocenters. The summed E-state index contributed by atoms with van der Waals surface area (Å²) in [4.78, 5) is 13.4. The molecule has 0 bridgehead atoms. The Morgan fingerprint density at radius 3 is 2.77 bits per heavy atom. The third kappa shape index (κ3) is 1.79. The van der Waals surface area contributed by atoms with Gasteiger partial charge in [0.25, 0.3) is 0 Å². The van der Waals surface area contributed by atoms with Gasteiger partial charge in [0, 0.05) is 19.6 Å². The Bertz CT molecular complexity index is 211. The second-order valence-corrected chi connectivity index (χ2v) is 4.67. The number of amides is 2. The van der Waals surface area contributed by atoms with Gasteiger partial charge in [-0.1, -0.05) is 13.3 Å². The Hall–Kier alpha value is -0.730. The van der Waals surface area contributed by atoms with Gasteiger partial charge in [0.15, 0.2) is 0 Å². The Balaban J connectivity index is 1.88. The molecule has 1 N–H and O–H groups in total. The summed E-state index contributed by atoms with van der Waals surface area (Å²) in [6.07, 6.45) is 5.02. The second-order valence-electron chi connectivity index (χ2n) is 4.67. The van der Waals surface area contributed by atoms with E-state index < -0.39 is 0 Å². The second kappa shape index (κ2) is 3.20. The Morgan fingerprint density at radius 2 is 2.23 bits per heavy atom. The number of rotatable bonds is 2. The molecule has 0 spiro atoms. The maximum absolute atomic E-state index is 11.4. The molecule has 1 saturated heterocycles. The number of nitrogens with one attached hydrogen (secondary N) is 1. The van der Waals surface area contributed by atoms with Crippen molar-refractivity contribution in [2.75, 3.05) is 19.6 Å². The number of carbonyl (C=O) groups excluding carboxylic acids is 1. The van der Waals surface area contributed by atoms with E-state index in [1.165, 1.54) is 19.3 Å². The molecule has 0 aromatic heterocycles. The smallest absolute Gasteiger partial charge is 0.317 e. The monoisotopic (exact) mass is 182 g/mol. The molecule has 0 unspecified atom stereocenters. The van der Waals surface area contributed by atoms with E-state index in [0.29, 0.717) is 5.41 Å². The molecular formula is C10H18N2O. The van der Waals surface area contributed by atoms with Crippen molar-refractivity contribution in [1.29, 1.82) is 0 Å². The van der Waals surface area contributed by atoms with Crippen molar-refractivity contribution in [3.8, 4) is 0 Å². The highest BCUT2D eigenvalue weighted by molar-refractivity contribution is 5.74.